The fraction of sp³-hybridized carbons (Fsp3) is 0.524. The maximum atomic E-state index is 14.5. The van der Waals surface area contributed by atoms with Crippen LogP contribution >= 0.6 is 0 Å². The Morgan fingerprint density at radius 3 is 2.48 bits per heavy atom. The molecule has 1 aliphatic heterocycles. The molecule has 0 saturated heterocycles. The maximum absolute atomic E-state index is 14.5. The highest BCUT2D eigenvalue weighted by Gasteiger charge is 2.36. The van der Waals surface area contributed by atoms with Gasteiger partial charge < -0.3 is 9.16 Å². The Bertz CT molecular complexity index is 817. The molecule has 160 valence electrons. The molecule has 1 aromatic carbocycles. The number of hydrogen-bond donors (Lipinski definition) is 1. The predicted octanol–water partition coefficient (Wildman–Crippen LogP) is 4.78. The van der Waals surface area contributed by atoms with Crippen LogP contribution in [0.15, 0.2) is 29.4 Å². The maximum Gasteiger partial charge on any atom is 0.240 e. The van der Waals surface area contributed by atoms with E-state index in [2.05, 4.69) is 44.4 Å². The predicted molar refractivity (Wildman–Crippen MR) is 113 cm³/mol. The number of ether oxygens (including phenoxy) is 1. The first-order valence-electron chi connectivity index (χ1n) is 9.70. The first kappa shape index (κ1) is 23.2. The number of carbonyl (C=O) groups is 1. The first-order valence-corrected chi connectivity index (χ1v) is 12.6. The molecular formula is C21H30F2N2O3Si. The number of hydrazone groups is 1. The molecule has 0 spiro atoms. The van der Waals surface area contributed by atoms with Gasteiger partial charge in [0.15, 0.2) is 19.9 Å². The molecule has 8 heteroatoms. The second-order valence-electron chi connectivity index (χ2n) is 8.73. The van der Waals surface area contributed by atoms with E-state index in [1.54, 1.807) is 13.0 Å². The molecule has 1 atom stereocenters. The average molecular weight is 425 g/mol. The number of hydrogen-bond acceptors (Lipinski definition) is 4. The second kappa shape index (κ2) is 9.17. The van der Waals surface area contributed by atoms with Crippen molar-refractivity contribution >= 4 is 19.9 Å². The molecule has 0 aliphatic carbocycles. The smallest absolute Gasteiger partial charge is 0.240 e. The standard InChI is InChI=1S/C21H30F2N2O3Si/c1-14-13-17(26)24-25-20(14)15-9-10-16(19(23)18(15)22)27-11-7-8-12-28-29(5,6)21(2,3)4/h7-10,14H,11-13H2,1-6H3,(H,24,26)/b8-7-. The van der Waals surface area contributed by atoms with Crippen molar-refractivity contribution < 1.29 is 22.7 Å². The van der Waals surface area contributed by atoms with Crippen LogP contribution in [0, 0.1) is 17.6 Å². The zero-order valence-electron chi connectivity index (χ0n) is 17.9. The summed E-state index contributed by atoms with van der Waals surface area (Å²) in [7, 11) is -1.82. The minimum Gasteiger partial charge on any atom is -0.486 e. The van der Waals surface area contributed by atoms with Gasteiger partial charge in [0.2, 0.25) is 11.7 Å². The van der Waals surface area contributed by atoms with Crippen LogP contribution in [0.2, 0.25) is 18.1 Å². The van der Waals surface area contributed by atoms with Gasteiger partial charge in [0, 0.05) is 17.9 Å². The van der Waals surface area contributed by atoms with E-state index in [1.165, 1.54) is 12.1 Å². The van der Waals surface area contributed by atoms with Crippen LogP contribution in [0.25, 0.3) is 0 Å². The van der Waals surface area contributed by atoms with Gasteiger partial charge in [0.1, 0.15) is 6.61 Å². The Balaban J connectivity index is 1.96. The third-order valence-electron chi connectivity index (χ3n) is 5.43. The van der Waals surface area contributed by atoms with Gasteiger partial charge in [0.25, 0.3) is 0 Å². The van der Waals surface area contributed by atoms with Crippen molar-refractivity contribution in [1.82, 2.24) is 5.43 Å². The normalized spacial score (nSPS) is 18.0. The minimum absolute atomic E-state index is 0.0284. The van der Waals surface area contributed by atoms with Gasteiger partial charge >= 0.3 is 0 Å². The molecule has 0 aromatic heterocycles. The summed E-state index contributed by atoms with van der Waals surface area (Å²) in [6, 6.07) is 2.80. The van der Waals surface area contributed by atoms with E-state index in [4.69, 9.17) is 9.16 Å². The van der Waals surface area contributed by atoms with Crippen molar-refractivity contribution in [1.29, 1.82) is 0 Å². The van der Waals surface area contributed by atoms with E-state index in [0.29, 0.717) is 12.3 Å². The number of halogens is 2. The van der Waals surface area contributed by atoms with Crippen LogP contribution in [-0.4, -0.2) is 33.2 Å². The molecule has 0 fully saturated rings. The number of nitrogens with one attached hydrogen (secondary N) is 1. The summed E-state index contributed by atoms with van der Waals surface area (Å²) in [5.41, 5.74) is 2.65. The van der Waals surface area contributed by atoms with Gasteiger partial charge in [0.05, 0.1) is 12.3 Å². The van der Waals surface area contributed by atoms with E-state index in [0.717, 1.165) is 0 Å². The zero-order chi connectivity index (χ0) is 21.8. The number of rotatable bonds is 7. The Kier molecular flexibility index (Phi) is 7.34. The van der Waals surface area contributed by atoms with E-state index in [-0.39, 0.29) is 41.2 Å². The molecule has 1 aromatic rings. The van der Waals surface area contributed by atoms with Gasteiger partial charge in [-0.2, -0.15) is 9.49 Å². The van der Waals surface area contributed by atoms with Crippen LogP contribution in [0.3, 0.4) is 0 Å². The quantitative estimate of drug-likeness (QED) is 0.506. The summed E-state index contributed by atoms with van der Waals surface area (Å²) in [5, 5.41) is 4.00. The van der Waals surface area contributed by atoms with Gasteiger partial charge in [-0.1, -0.05) is 33.8 Å². The lowest BCUT2D eigenvalue weighted by atomic mass is 9.93. The molecule has 1 heterocycles. The summed E-state index contributed by atoms with van der Waals surface area (Å²) in [6.07, 6.45) is 3.73. The van der Waals surface area contributed by atoms with E-state index < -0.39 is 20.0 Å². The monoisotopic (exact) mass is 424 g/mol. The number of benzene rings is 1. The Morgan fingerprint density at radius 2 is 1.86 bits per heavy atom. The molecule has 0 bridgehead atoms. The van der Waals surface area contributed by atoms with E-state index in [9.17, 15) is 13.6 Å². The number of carbonyl (C=O) groups excluding carboxylic acids is 1. The summed E-state index contributed by atoms with van der Waals surface area (Å²) >= 11 is 0. The molecule has 0 radical (unpaired) electrons. The number of nitrogens with zero attached hydrogens (tertiary/aromatic N) is 1. The third kappa shape index (κ3) is 5.73. The van der Waals surface area contributed by atoms with E-state index >= 15 is 0 Å². The molecule has 1 N–H and O–H groups in total. The highest BCUT2D eigenvalue weighted by atomic mass is 28.4. The van der Waals surface area contributed by atoms with Crippen molar-refractivity contribution in [2.75, 3.05) is 13.2 Å². The molecule has 1 amide bonds. The molecule has 1 aliphatic rings. The van der Waals surface area contributed by atoms with Gasteiger partial charge in [-0.25, -0.2) is 9.82 Å². The Hall–Kier alpha value is -2.06. The van der Waals surface area contributed by atoms with Crippen LogP contribution < -0.4 is 10.2 Å². The lowest BCUT2D eigenvalue weighted by molar-refractivity contribution is -0.121. The van der Waals surface area contributed by atoms with Crippen molar-refractivity contribution in [3.63, 3.8) is 0 Å². The fourth-order valence-electron chi connectivity index (χ4n) is 2.57. The average Bonchev–Trinajstić information content (AvgIpc) is 2.61. The SMILES string of the molecule is CC1CC(=O)NN=C1c1ccc(OC/C=C\CO[Si](C)(C)C(C)(C)C)c(F)c1F. The van der Waals surface area contributed by atoms with Gasteiger partial charge in [-0.05, 0) is 36.3 Å². The van der Waals surface area contributed by atoms with E-state index in [1.807, 2.05) is 6.08 Å². The molecule has 2 rings (SSSR count). The lowest BCUT2D eigenvalue weighted by Crippen LogP contribution is -2.40. The second-order valence-corrected chi connectivity index (χ2v) is 13.5. The molecule has 5 nitrogen and oxygen atoms in total. The third-order valence-corrected chi connectivity index (χ3v) is 9.93. The molecule has 0 saturated carbocycles. The van der Waals surface area contributed by atoms with Crippen molar-refractivity contribution in [3.8, 4) is 5.75 Å². The summed E-state index contributed by atoms with van der Waals surface area (Å²) in [4.78, 5) is 11.3. The van der Waals surface area contributed by atoms with Crippen LogP contribution in [0.4, 0.5) is 8.78 Å². The Labute approximate surface area is 172 Å². The van der Waals surface area contributed by atoms with Crippen LogP contribution in [0.1, 0.15) is 39.7 Å². The van der Waals surface area contributed by atoms with Crippen LogP contribution in [-0.2, 0) is 9.22 Å². The number of amides is 1. The molecule has 1 unspecified atom stereocenters. The lowest BCUT2D eigenvalue weighted by Gasteiger charge is -2.35. The fourth-order valence-corrected chi connectivity index (χ4v) is 3.51. The zero-order valence-corrected chi connectivity index (χ0v) is 18.9. The Morgan fingerprint density at radius 1 is 1.21 bits per heavy atom. The summed E-state index contributed by atoms with van der Waals surface area (Å²) < 4.78 is 40.3. The molecule has 29 heavy (non-hydrogen) atoms. The van der Waals surface area contributed by atoms with Crippen molar-refractivity contribution in [2.45, 2.75) is 52.2 Å². The van der Waals surface area contributed by atoms with Gasteiger partial charge in [-0.15, -0.1) is 0 Å². The molecular weight excluding hydrogens is 394 g/mol. The summed E-state index contributed by atoms with van der Waals surface area (Å²) in [6.45, 7) is 13.1. The largest absolute Gasteiger partial charge is 0.486 e. The topological polar surface area (TPSA) is 59.9 Å². The highest BCUT2D eigenvalue weighted by molar-refractivity contribution is 6.74. The van der Waals surface area contributed by atoms with Crippen molar-refractivity contribution in [3.05, 3.63) is 41.5 Å². The summed E-state index contributed by atoms with van der Waals surface area (Å²) in [5.74, 6) is -2.82. The minimum atomic E-state index is -1.82. The highest BCUT2D eigenvalue weighted by Crippen LogP contribution is 2.36. The van der Waals surface area contributed by atoms with Gasteiger partial charge in [-0.3, -0.25) is 4.79 Å². The van der Waals surface area contributed by atoms with Crippen molar-refractivity contribution in [2.24, 2.45) is 11.0 Å². The van der Waals surface area contributed by atoms with Crippen LogP contribution in [0.5, 0.6) is 5.75 Å². The first-order chi connectivity index (χ1) is 13.4.